The molecular weight excluding hydrogens is 376 g/mol. The molecule has 1 heterocycles. The summed E-state index contributed by atoms with van der Waals surface area (Å²) in [6.45, 7) is 6.96. The quantitative estimate of drug-likeness (QED) is 0.600. The molecule has 0 aromatic heterocycles. The molecule has 28 heavy (non-hydrogen) atoms. The number of nitrogens with one attached hydrogen (secondary N) is 1. The van der Waals surface area contributed by atoms with E-state index in [-0.39, 0.29) is 17.7 Å². The first-order chi connectivity index (χ1) is 13.2. The van der Waals surface area contributed by atoms with Gasteiger partial charge in [0.15, 0.2) is 0 Å². The highest BCUT2D eigenvalue weighted by Gasteiger charge is 2.21. The van der Waals surface area contributed by atoms with E-state index < -0.39 is 9.84 Å². The number of unbranched alkanes of at least 4 members (excludes halogenated alkanes) is 1. The normalized spacial score (nSPS) is 16.1. The van der Waals surface area contributed by atoms with Crippen molar-refractivity contribution in [1.29, 1.82) is 0 Å². The van der Waals surface area contributed by atoms with Crippen LogP contribution >= 0.6 is 0 Å². The summed E-state index contributed by atoms with van der Waals surface area (Å²) >= 11 is 0. The molecule has 1 aromatic rings. The average molecular weight is 411 g/mol. The summed E-state index contributed by atoms with van der Waals surface area (Å²) < 4.78 is 28.3. The average Bonchev–Trinajstić information content (AvgIpc) is 2.63. The van der Waals surface area contributed by atoms with Crippen molar-refractivity contribution in [3.8, 4) is 5.75 Å². The maximum Gasteiger partial charge on any atom is 0.220 e. The Morgan fingerprint density at radius 3 is 2.61 bits per heavy atom. The van der Waals surface area contributed by atoms with Crippen LogP contribution in [0.2, 0.25) is 0 Å². The molecule has 0 atom stereocenters. The minimum Gasteiger partial charge on any atom is -0.493 e. The van der Waals surface area contributed by atoms with E-state index in [4.69, 9.17) is 4.74 Å². The number of aryl methyl sites for hydroxylation is 2. The fourth-order valence-electron chi connectivity index (χ4n) is 3.33. The largest absolute Gasteiger partial charge is 0.493 e. The number of piperidine rings is 1. The Labute approximate surface area is 169 Å². The molecule has 0 spiro atoms. The molecule has 1 fully saturated rings. The van der Waals surface area contributed by atoms with Gasteiger partial charge in [-0.1, -0.05) is 12.1 Å². The first kappa shape index (κ1) is 22.7. The van der Waals surface area contributed by atoms with Crippen LogP contribution in [0, 0.1) is 13.8 Å². The van der Waals surface area contributed by atoms with E-state index in [0.29, 0.717) is 19.6 Å². The number of ether oxygens (including phenoxy) is 1. The van der Waals surface area contributed by atoms with Crippen LogP contribution in [0.4, 0.5) is 0 Å². The summed E-state index contributed by atoms with van der Waals surface area (Å²) in [4.78, 5) is 14.3. The number of carbonyl (C=O) groups excluding carboxylic acids is 1. The van der Waals surface area contributed by atoms with Gasteiger partial charge in [-0.2, -0.15) is 0 Å². The Bertz CT molecular complexity index is 741. The highest BCUT2D eigenvalue weighted by molar-refractivity contribution is 7.90. The van der Waals surface area contributed by atoms with Gasteiger partial charge in [-0.05, 0) is 56.7 Å². The molecule has 1 amide bonds. The first-order valence-corrected chi connectivity index (χ1v) is 12.2. The number of nitrogens with zero attached hydrogens (tertiary/aromatic N) is 1. The lowest BCUT2D eigenvalue weighted by Crippen LogP contribution is -2.45. The topological polar surface area (TPSA) is 75.7 Å². The Hall–Kier alpha value is -1.60. The summed E-state index contributed by atoms with van der Waals surface area (Å²) in [5.74, 6) is 1.22. The van der Waals surface area contributed by atoms with Crippen molar-refractivity contribution >= 4 is 15.7 Å². The SMILES string of the molecule is Cc1ccc(C)c(OCCCCC(=O)NC2CCN(CCS(C)(=O)=O)CC2)c1. The van der Waals surface area contributed by atoms with E-state index in [9.17, 15) is 13.2 Å². The lowest BCUT2D eigenvalue weighted by atomic mass is 10.0. The van der Waals surface area contributed by atoms with E-state index in [1.54, 1.807) is 0 Å². The maximum atomic E-state index is 12.1. The van der Waals surface area contributed by atoms with Crippen LogP contribution in [0.1, 0.15) is 43.2 Å². The lowest BCUT2D eigenvalue weighted by Gasteiger charge is -2.32. The van der Waals surface area contributed by atoms with Crippen molar-refractivity contribution in [2.45, 2.75) is 52.0 Å². The second-order valence-corrected chi connectivity index (χ2v) is 10.1. The molecule has 1 N–H and O–H groups in total. The van der Waals surface area contributed by atoms with Gasteiger partial charge < -0.3 is 15.0 Å². The van der Waals surface area contributed by atoms with Crippen LogP contribution < -0.4 is 10.1 Å². The van der Waals surface area contributed by atoms with Crippen LogP contribution in [0.15, 0.2) is 18.2 Å². The molecule has 0 unspecified atom stereocenters. The number of benzene rings is 1. The smallest absolute Gasteiger partial charge is 0.220 e. The monoisotopic (exact) mass is 410 g/mol. The maximum absolute atomic E-state index is 12.1. The number of likely N-dealkylation sites (tertiary alicyclic amines) is 1. The van der Waals surface area contributed by atoms with Gasteiger partial charge in [-0.25, -0.2) is 8.42 Å². The molecule has 158 valence electrons. The zero-order valence-corrected chi connectivity index (χ0v) is 18.2. The molecule has 1 saturated heterocycles. The van der Waals surface area contributed by atoms with Crippen LogP contribution in [0.25, 0.3) is 0 Å². The molecule has 0 bridgehead atoms. The van der Waals surface area contributed by atoms with Gasteiger partial charge in [-0.3, -0.25) is 4.79 Å². The minimum atomic E-state index is -2.92. The molecule has 0 saturated carbocycles. The number of rotatable bonds is 10. The van der Waals surface area contributed by atoms with E-state index >= 15 is 0 Å². The summed E-state index contributed by atoms with van der Waals surface area (Å²) in [5, 5.41) is 3.11. The van der Waals surface area contributed by atoms with Gasteiger partial charge in [0.2, 0.25) is 5.91 Å². The zero-order chi connectivity index (χ0) is 20.6. The Morgan fingerprint density at radius 2 is 1.93 bits per heavy atom. The van der Waals surface area contributed by atoms with Crippen molar-refractivity contribution in [3.63, 3.8) is 0 Å². The third-order valence-corrected chi connectivity index (χ3v) is 6.05. The number of hydrogen-bond acceptors (Lipinski definition) is 5. The van der Waals surface area contributed by atoms with Crippen molar-refractivity contribution in [1.82, 2.24) is 10.2 Å². The molecule has 1 aromatic carbocycles. The molecule has 1 aliphatic heterocycles. The Morgan fingerprint density at radius 1 is 1.21 bits per heavy atom. The highest BCUT2D eigenvalue weighted by Crippen LogP contribution is 2.19. The Balaban J connectivity index is 1.56. The van der Waals surface area contributed by atoms with E-state index in [1.807, 2.05) is 19.9 Å². The summed E-state index contributed by atoms with van der Waals surface area (Å²) in [7, 11) is -2.92. The fourth-order valence-corrected chi connectivity index (χ4v) is 3.92. The van der Waals surface area contributed by atoms with E-state index in [1.165, 1.54) is 11.8 Å². The first-order valence-electron chi connectivity index (χ1n) is 10.1. The molecule has 0 radical (unpaired) electrons. The second kappa shape index (κ2) is 10.8. The number of amides is 1. The fraction of sp³-hybridized carbons (Fsp3) is 0.667. The van der Waals surface area contributed by atoms with Crippen LogP contribution in [-0.4, -0.2) is 63.5 Å². The predicted octanol–water partition coefficient (Wildman–Crippen LogP) is 2.48. The second-order valence-electron chi connectivity index (χ2n) is 7.89. The Kier molecular flexibility index (Phi) is 8.76. The van der Waals surface area contributed by atoms with E-state index in [0.717, 1.165) is 50.1 Å². The number of sulfone groups is 1. The number of carbonyl (C=O) groups is 1. The van der Waals surface area contributed by atoms with Gasteiger partial charge in [0.25, 0.3) is 0 Å². The molecular formula is C21H34N2O4S. The molecule has 6 nitrogen and oxygen atoms in total. The molecule has 0 aliphatic carbocycles. The van der Waals surface area contributed by atoms with Gasteiger partial charge in [-0.15, -0.1) is 0 Å². The third-order valence-electron chi connectivity index (χ3n) is 5.13. The van der Waals surface area contributed by atoms with E-state index in [2.05, 4.69) is 22.3 Å². The zero-order valence-electron chi connectivity index (χ0n) is 17.4. The third kappa shape index (κ3) is 8.61. The van der Waals surface area contributed by atoms with Gasteiger partial charge >= 0.3 is 0 Å². The number of hydrogen-bond donors (Lipinski definition) is 1. The highest BCUT2D eigenvalue weighted by atomic mass is 32.2. The molecule has 2 rings (SSSR count). The van der Waals surface area contributed by atoms with Crippen LogP contribution in [-0.2, 0) is 14.6 Å². The van der Waals surface area contributed by atoms with Gasteiger partial charge in [0.1, 0.15) is 15.6 Å². The minimum absolute atomic E-state index is 0.0984. The summed E-state index contributed by atoms with van der Waals surface area (Å²) in [6.07, 6.45) is 5.21. The predicted molar refractivity (Wildman–Crippen MR) is 113 cm³/mol. The van der Waals surface area contributed by atoms with Gasteiger partial charge in [0, 0.05) is 38.4 Å². The molecule has 7 heteroatoms. The molecule has 1 aliphatic rings. The van der Waals surface area contributed by atoms with Crippen molar-refractivity contribution in [2.75, 3.05) is 38.2 Å². The van der Waals surface area contributed by atoms with Crippen molar-refractivity contribution < 1.29 is 17.9 Å². The summed E-state index contributed by atoms with van der Waals surface area (Å²) in [6, 6.07) is 6.38. The van der Waals surface area contributed by atoms with Gasteiger partial charge in [0.05, 0.1) is 12.4 Å². The summed E-state index contributed by atoms with van der Waals surface area (Å²) in [5.41, 5.74) is 2.31. The van der Waals surface area contributed by atoms with Crippen LogP contribution in [0.5, 0.6) is 5.75 Å². The standard InChI is InChI=1S/C21H34N2O4S/c1-17-7-8-18(2)20(16-17)27-14-5-4-6-21(24)22-19-9-11-23(12-10-19)13-15-28(3,25)26/h7-8,16,19H,4-6,9-15H2,1-3H3,(H,22,24). The van der Waals surface area contributed by atoms with Crippen molar-refractivity contribution in [3.05, 3.63) is 29.3 Å². The lowest BCUT2D eigenvalue weighted by molar-refractivity contribution is -0.122. The van der Waals surface area contributed by atoms with Crippen LogP contribution in [0.3, 0.4) is 0 Å². The van der Waals surface area contributed by atoms with Crippen molar-refractivity contribution in [2.24, 2.45) is 0 Å².